The molecule has 1 amide bonds. The van der Waals surface area contributed by atoms with E-state index in [4.69, 9.17) is 27.9 Å². The van der Waals surface area contributed by atoms with E-state index in [0.29, 0.717) is 15.7 Å². The van der Waals surface area contributed by atoms with E-state index < -0.39 is 0 Å². The average Bonchev–Trinajstić information content (AvgIpc) is 2.44. The number of hydrogen-bond donors (Lipinski definition) is 1. The summed E-state index contributed by atoms with van der Waals surface area (Å²) in [7, 11) is 1.63. The fraction of sp³-hybridized carbons (Fsp3) is 0.167. The van der Waals surface area contributed by atoms with Crippen LogP contribution in [0.2, 0.25) is 10.0 Å². The first-order valence-electron chi connectivity index (χ1n) is 6.99. The zero-order valence-corrected chi connectivity index (χ0v) is 14.6. The molecule has 2 rings (SSSR count). The molecule has 0 aliphatic heterocycles. The fourth-order valence-electron chi connectivity index (χ4n) is 2.28. The number of hydrogen-bond acceptors (Lipinski definition) is 2. The Labute approximate surface area is 145 Å². The quantitative estimate of drug-likeness (QED) is 0.763. The third-order valence-electron chi connectivity index (χ3n) is 3.33. The summed E-state index contributed by atoms with van der Waals surface area (Å²) in [6.45, 7) is 3.95. The Hall–Kier alpha value is -1.97. The van der Waals surface area contributed by atoms with Crippen LogP contribution in [0.4, 0.5) is 5.69 Å². The van der Waals surface area contributed by atoms with Gasteiger partial charge in [0.15, 0.2) is 0 Å². The van der Waals surface area contributed by atoms with Gasteiger partial charge < -0.3 is 10.1 Å². The molecule has 5 heteroatoms. The second-order valence-corrected chi connectivity index (χ2v) is 6.03. The summed E-state index contributed by atoms with van der Waals surface area (Å²) in [5.74, 6) is 0.549. The van der Waals surface area contributed by atoms with E-state index in [-0.39, 0.29) is 5.91 Å². The van der Waals surface area contributed by atoms with Crippen molar-refractivity contribution in [2.75, 3.05) is 12.4 Å². The van der Waals surface area contributed by atoms with Crippen LogP contribution < -0.4 is 10.1 Å². The Bertz CT molecular complexity index is 726. The topological polar surface area (TPSA) is 38.3 Å². The molecule has 1 N–H and O–H groups in total. The lowest BCUT2D eigenvalue weighted by Gasteiger charge is -2.09. The predicted molar refractivity (Wildman–Crippen MR) is 96.6 cm³/mol. The summed E-state index contributed by atoms with van der Waals surface area (Å²) < 4.78 is 5.23. The molecule has 0 fully saturated rings. The molecule has 2 aromatic rings. The first-order chi connectivity index (χ1) is 10.9. The highest BCUT2D eigenvalue weighted by Gasteiger charge is 2.05. The van der Waals surface area contributed by atoms with Crippen LogP contribution in [0.3, 0.4) is 0 Å². The normalized spacial score (nSPS) is 10.8. The van der Waals surface area contributed by atoms with Crippen molar-refractivity contribution >= 4 is 40.9 Å². The molecular weight excluding hydrogens is 333 g/mol. The molecule has 0 saturated carbocycles. The van der Waals surface area contributed by atoms with Crippen LogP contribution in [0, 0.1) is 13.8 Å². The zero-order valence-electron chi connectivity index (χ0n) is 13.1. The number of methoxy groups -OCH3 is 1. The lowest BCUT2D eigenvalue weighted by atomic mass is 10.0. The summed E-state index contributed by atoms with van der Waals surface area (Å²) in [5.41, 5.74) is 3.62. The monoisotopic (exact) mass is 349 g/mol. The van der Waals surface area contributed by atoms with Gasteiger partial charge in [0.1, 0.15) is 5.75 Å². The molecule has 120 valence electrons. The van der Waals surface area contributed by atoms with Crippen molar-refractivity contribution in [2.24, 2.45) is 0 Å². The van der Waals surface area contributed by atoms with Gasteiger partial charge in [-0.3, -0.25) is 4.79 Å². The molecule has 2 aromatic carbocycles. The Morgan fingerprint density at radius 3 is 2.13 bits per heavy atom. The summed E-state index contributed by atoms with van der Waals surface area (Å²) in [5, 5.41) is 3.68. The number of nitrogens with one attached hydrogen (secondary N) is 1. The molecule has 0 aliphatic rings. The minimum Gasteiger partial charge on any atom is -0.497 e. The lowest BCUT2D eigenvalue weighted by molar-refractivity contribution is -0.111. The first kappa shape index (κ1) is 17.4. The standard InChI is InChI=1S/C18H17Cl2NO2/c1-11-6-16(23-3)7-12(2)17(11)4-5-18(22)21-15-9-13(19)8-14(20)10-15/h4-10H,1-3H3,(H,21,22)/b5-4+. The molecule has 23 heavy (non-hydrogen) atoms. The van der Waals surface area contributed by atoms with Gasteiger partial charge in [-0.25, -0.2) is 0 Å². The molecule has 0 bridgehead atoms. The van der Waals surface area contributed by atoms with E-state index in [1.807, 2.05) is 26.0 Å². The highest BCUT2D eigenvalue weighted by atomic mass is 35.5. The molecule has 0 heterocycles. The highest BCUT2D eigenvalue weighted by Crippen LogP contribution is 2.24. The van der Waals surface area contributed by atoms with Crippen molar-refractivity contribution in [3.63, 3.8) is 0 Å². The maximum atomic E-state index is 12.0. The van der Waals surface area contributed by atoms with E-state index in [1.165, 1.54) is 6.08 Å². The Morgan fingerprint density at radius 1 is 1.04 bits per heavy atom. The van der Waals surface area contributed by atoms with Crippen molar-refractivity contribution in [3.05, 3.63) is 63.1 Å². The van der Waals surface area contributed by atoms with Crippen molar-refractivity contribution in [3.8, 4) is 5.75 Å². The molecule has 0 saturated heterocycles. The second kappa shape index (κ2) is 7.53. The van der Waals surface area contributed by atoms with Gasteiger partial charge in [0.25, 0.3) is 0 Å². The maximum absolute atomic E-state index is 12.0. The number of ether oxygens (including phenoxy) is 1. The van der Waals surface area contributed by atoms with Gasteiger partial charge in [0.2, 0.25) is 5.91 Å². The van der Waals surface area contributed by atoms with Crippen molar-refractivity contribution < 1.29 is 9.53 Å². The number of aryl methyl sites for hydroxylation is 2. The van der Waals surface area contributed by atoms with E-state index in [2.05, 4.69) is 5.32 Å². The van der Waals surface area contributed by atoms with Crippen LogP contribution in [0.15, 0.2) is 36.4 Å². The number of rotatable bonds is 4. The summed E-state index contributed by atoms with van der Waals surface area (Å²) >= 11 is 11.8. The number of carbonyl (C=O) groups excluding carboxylic acids is 1. The summed E-state index contributed by atoms with van der Waals surface area (Å²) in [4.78, 5) is 12.0. The van der Waals surface area contributed by atoms with Gasteiger partial charge in [0.05, 0.1) is 7.11 Å². The molecule has 0 unspecified atom stereocenters. The molecule has 0 spiro atoms. The van der Waals surface area contributed by atoms with Crippen LogP contribution in [-0.2, 0) is 4.79 Å². The third kappa shape index (κ3) is 4.75. The fourth-order valence-corrected chi connectivity index (χ4v) is 2.81. The van der Waals surface area contributed by atoms with Gasteiger partial charge >= 0.3 is 0 Å². The van der Waals surface area contributed by atoms with Crippen molar-refractivity contribution in [2.45, 2.75) is 13.8 Å². The largest absolute Gasteiger partial charge is 0.497 e. The van der Waals surface area contributed by atoms with E-state index in [0.717, 1.165) is 22.4 Å². The lowest BCUT2D eigenvalue weighted by Crippen LogP contribution is -2.07. The molecule has 0 atom stereocenters. The maximum Gasteiger partial charge on any atom is 0.248 e. The number of carbonyl (C=O) groups is 1. The van der Waals surface area contributed by atoms with Gasteiger partial charge in [-0.15, -0.1) is 0 Å². The first-order valence-corrected chi connectivity index (χ1v) is 7.75. The van der Waals surface area contributed by atoms with E-state index in [9.17, 15) is 4.79 Å². The van der Waals surface area contributed by atoms with Crippen molar-refractivity contribution in [1.82, 2.24) is 0 Å². The SMILES string of the molecule is COc1cc(C)c(/C=C/C(=O)Nc2cc(Cl)cc(Cl)c2)c(C)c1. The van der Waals surface area contributed by atoms with E-state index >= 15 is 0 Å². The number of benzene rings is 2. The number of halogens is 2. The second-order valence-electron chi connectivity index (χ2n) is 5.16. The Kier molecular flexibility index (Phi) is 5.69. The van der Waals surface area contributed by atoms with Crippen LogP contribution >= 0.6 is 23.2 Å². The van der Waals surface area contributed by atoms with Crippen LogP contribution in [-0.4, -0.2) is 13.0 Å². The van der Waals surface area contributed by atoms with E-state index in [1.54, 1.807) is 31.4 Å². The van der Waals surface area contributed by atoms with Crippen LogP contribution in [0.5, 0.6) is 5.75 Å². The third-order valence-corrected chi connectivity index (χ3v) is 3.77. The van der Waals surface area contributed by atoms with Gasteiger partial charge in [-0.05, 0) is 66.9 Å². The molecule has 0 radical (unpaired) electrons. The van der Waals surface area contributed by atoms with Crippen molar-refractivity contribution in [1.29, 1.82) is 0 Å². The number of amides is 1. The Morgan fingerprint density at radius 2 is 1.61 bits per heavy atom. The minimum absolute atomic E-state index is 0.252. The zero-order chi connectivity index (χ0) is 17.0. The smallest absolute Gasteiger partial charge is 0.248 e. The predicted octanol–water partition coefficient (Wildman–Crippen LogP) is 5.27. The summed E-state index contributed by atoms with van der Waals surface area (Å²) in [6.07, 6.45) is 3.27. The minimum atomic E-state index is -0.252. The van der Waals surface area contributed by atoms with Gasteiger partial charge in [-0.2, -0.15) is 0 Å². The van der Waals surface area contributed by atoms with Gasteiger partial charge in [-0.1, -0.05) is 23.2 Å². The molecule has 3 nitrogen and oxygen atoms in total. The Balaban J connectivity index is 2.15. The highest BCUT2D eigenvalue weighted by molar-refractivity contribution is 6.35. The summed E-state index contributed by atoms with van der Waals surface area (Å²) in [6, 6.07) is 8.76. The van der Waals surface area contributed by atoms with Crippen LogP contribution in [0.25, 0.3) is 6.08 Å². The average molecular weight is 350 g/mol. The van der Waals surface area contributed by atoms with Crippen LogP contribution in [0.1, 0.15) is 16.7 Å². The molecule has 0 aliphatic carbocycles. The van der Waals surface area contributed by atoms with Gasteiger partial charge in [0, 0.05) is 21.8 Å². The molecular formula is C18H17Cl2NO2. The number of anilines is 1. The molecule has 0 aromatic heterocycles.